The Bertz CT molecular complexity index is 630. The zero-order valence-electron chi connectivity index (χ0n) is 12.3. The van der Waals surface area contributed by atoms with Crippen molar-refractivity contribution in [2.24, 2.45) is 0 Å². The normalized spacial score (nSPS) is 24.7. The lowest BCUT2D eigenvalue weighted by molar-refractivity contribution is -0.384. The summed E-state index contributed by atoms with van der Waals surface area (Å²) in [6.45, 7) is 2.40. The Labute approximate surface area is 128 Å². The number of methoxy groups -OCH3 is 1. The van der Waals surface area contributed by atoms with E-state index in [1.807, 2.05) is 6.92 Å². The second-order valence-electron chi connectivity index (χ2n) is 4.91. The Balaban J connectivity index is 2.07. The van der Waals surface area contributed by atoms with E-state index in [2.05, 4.69) is 4.72 Å². The van der Waals surface area contributed by atoms with Crippen LogP contribution in [0.2, 0.25) is 0 Å². The van der Waals surface area contributed by atoms with Crippen LogP contribution in [-0.4, -0.2) is 45.3 Å². The van der Waals surface area contributed by atoms with Gasteiger partial charge in [0.05, 0.1) is 28.1 Å². The number of ether oxygens (including phenoxy) is 2. The van der Waals surface area contributed by atoms with Crippen LogP contribution >= 0.6 is 0 Å². The lowest BCUT2D eigenvalue weighted by Crippen LogP contribution is -2.60. The molecule has 0 saturated heterocycles. The van der Waals surface area contributed by atoms with Gasteiger partial charge in [0.15, 0.2) is 0 Å². The molecule has 8 nitrogen and oxygen atoms in total. The predicted molar refractivity (Wildman–Crippen MR) is 78.0 cm³/mol. The van der Waals surface area contributed by atoms with Crippen molar-refractivity contribution in [1.29, 1.82) is 0 Å². The third-order valence-electron chi connectivity index (χ3n) is 3.57. The first-order valence-corrected chi connectivity index (χ1v) is 8.28. The molecule has 1 saturated carbocycles. The van der Waals surface area contributed by atoms with E-state index in [9.17, 15) is 18.5 Å². The molecule has 122 valence electrons. The molecule has 1 aliphatic rings. The quantitative estimate of drug-likeness (QED) is 0.592. The molecule has 3 atom stereocenters. The van der Waals surface area contributed by atoms with Crippen molar-refractivity contribution in [1.82, 2.24) is 4.72 Å². The first-order chi connectivity index (χ1) is 10.4. The van der Waals surface area contributed by atoms with Crippen molar-refractivity contribution in [2.45, 2.75) is 36.5 Å². The summed E-state index contributed by atoms with van der Waals surface area (Å²) in [5.74, 6) is 0. The zero-order chi connectivity index (χ0) is 16.3. The van der Waals surface area contributed by atoms with Gasteiger partial charge in [0, 0.05) is 25.8 Å². The number of nitrogens with zero attached hydrogens (tertiary/aromatic N) is 1. The number of benzene rings is 1. The number of nitro benzene ring substituents is 1. The highest BCUT2D eigenvalue weighted by molar-refractivity contribution is 7.89. The topological polar surface area (TPSA) is 108 Å². The third kappa shape index (κ3) is 3.43. The van der Waals surface area contributed by atoms with E-state index in [4.69, 9.17) is 9.47 Å². The van der Waals surface area contributed by atoms with Crippen molar-refractivity contribution in [3.05, 3.63) is 34.4 Å². The minimum absolute atomic E-state index is 0.0205. The smallest absolute Gasteiger partial charge is 0.269 e. The highest BCUT2D eigenvalue weighted by atomic mass is 32.2. The maximum absolute atomic E-state index is 12.3. The van der Waals surface area contributed by atoms with Gasteiger partial charge in [-0.3, -0.25) is 10.1 Å². The first kappa shape index (κ1) is 16.8. The molecule has 9 heteroatoms. The summed E-state index contributed by atoms with van der Waals surface area (Å²) in [4.78, 5) is 9.98. The lowest BCUT2D eigenvalue weighted by atomic mass is 9.86. The van der Waals surface area contributed by atoms with E-state index in [1.165, 1.54) is 19.2 Å². The van der Waals surface area contributed by atoms with Gasteiger partial charge >= 0.3 is 0 Å². The third-order valence-corrected chi connectivity index (χ3v) is 5.07. The minimum atomic E-state index is -3.75. The van der Waals surface area contributed by atoms with Gasteiger partial charge in [0.25, 0.3) is 5.69 Å². The molecule has 22 heavy (non-hydrogen) atoms. The molecule has 0 amide bonds. The number of hydrogen-bond acceptors (Lipinski definition) is 6. The van der Waals surface area contributed by atoms with Gasteiger partial charge < -0.3 is 9.47 Å². The van der Waals surface area contributed by atoms with Crippen LogP contribution in [0.1, 0.15) is 13.3 Å². The molecule has 2 rings (SSSR count). The van der Waals surface area contributed by atoms with Crippen LogP contribution in [0.5, 0.6) is 0 Å². The fourth-order valence-corrected chi connectivity index (χ4v) is 3.66. The number of nitro groups is 1. The molecule has 1 fully saturated rings. The van der Waals surface area contributed by atoms with Crippen LogP contribution in [0.25, 0.3) is 0 Å². The van der Waals surface area contributed by atoms with Crippen molar-refractivity contribution >= 4 is 15.7 Å². The number of non-ortho nitro benzene ring substituents is 1. The lowest BCUT2D eigenvalue weighted by Gasteiger charge is -2.42. The Morgan fingerprint density at radius 2 is 2.00 bits per heavy atom. The molecule has 1 aliphatic carbocycles. The molecule has 0 bridgehead atoms. The maximum atomic E-state index is 12.3. The number of rotatable bonds is 7. The monoisotopic (exact) mass is 330 g/mol. The van der Waals surface area contributed by atoms with Crippen LogP contribution < -0.4 is 4.72 Å². The van der Waals surface area contributed by atoms with Gasteiger partial charge in [-0.05, 0) is 25.5 Å². The van der Waals surface area contributed by atoms with Crippen molar-refractivity contribution in [3.63, 3.8) is 0 Å². The summed E-state index contributed by atoms with van der Waals surface area (Å²) in [5, 5.41) is 10.6. The fourth-order valence-electron chi connectivity index (χ4n) is 2.40. The highest BCUT2D eigenvalue weighted by Gasteiger charge is 2.44. The summed E-state index contributed by atoms with van der Waals surface area (Å²) >= 11 is 0. The summed E-state index contributed by atoms with van der Waals surface area (Å²) in [6, 6.07) is 4.36. The van der Waals surface area contributed by atoms with Gasteiger partial charge in [0.2, 0.25) is 10.0 Å². The van der Waals surface area contributed by atoms with Crippen LogP contribution in [0, 0.1) is 10.1 Å². The Morgan fingerprint density at radius 1 is 1.36 bits per heavy atom. The molecule has 0 aliphatic heterocycles. The average Bonchev–Trinajstić information content (AvgIpc) is 2.46. The highest BCUT2D eigenvalue weighted by Crippen LogP contribution is 2.28. The molecule has 0 aromatic heterocycles. The largest absolute Gasteiger partial charge is 0.377 e. The number of sulfonamides is 1. The van der Waals surface area contributed by atoms with E-state index in [-0.39, 0.29) is 28.8 Å². The molecular formula is C13H18N2O6S. The molecule has 1 aromatic carbocycles. The zero-order valence-corrected chi connectivity index (χ0v) is 13.1. The second-order valence-corrected chi connectivity index (χ2v) is 6.62. The Morgan fingerprint density at radius 3 is 2.50 bits per heavy atom. The van der Waals surface area contributed by atoms with Crippen LogP contribution in [0.3, 0.4) is 0 Å². The van der Waals surface area contributed by atoms with Crippen LogP contribution in [0.4, 0.5) is 5.69 Å². The predicted octanol–water partition coefficient (Wildman–Crippen LogP) is 1.07. The molecule has 0 heterocycles. The number of hydrogen-bond donors (Lipinski definition) is 1. The van der Waals surface area contributed by atoms with Crippen LogP contribution in [-0.2, 0) is 19.5 Å². The Hall–Kier alpha value is -1.55. The van der Waals surface area contributed by atoms with Crippen molar-refractivity contribution < 1.29 is 22.8 Å². The summed E-state index contributed by atoms with van der Waals surface area (Å²) in [5.41, 5.74) is -0.159. The minimum Gasteiger partial charge on any atom is -0.377 e. The van der Waals surface area contributed by atoms with E-state index in [1.54, 1.807) is 0 Å². The standard InChI is InChI=1S/C13H18N2O6S/c1-3-21-12-8-11(13(12)20-2)14-22(18,19)10-6-4-9(5-7-10)15(16)17/h4-7,11-14H,3,8H2,1-2H3. The van der Waals surface area contributed by atoms with Crippen LogP contribution in [0.15, 0.2) is 29.2 Å². The second kappa shape index (κ2) is 6.69. The van der Waals surface area contributed by atoms with E-state index >= 15 is 0 Å². The molecule has 0 radical (unpaired) electrons. The van der Waals surface area contributed by atoms with E-state index in [0.717, 1.165) is 12.1 Å². The maximum Gasteiger partial charge on any atom is 0.269 e. The van der Waals surface area contributed by atoms with Gasteiger partial charge in [-0.15, -0.1) is 0 Å². The fraction of sp³-hybridized carbons (Fsp3) is 0.538. The van der Waals surface area contributed by atoms with Crippen molar-refractivity contribution in [3.8, 4) is 0 Å². The van der Waals surface area contributed by atoms with Gasteiger partial charge in [-0.1, -0.05) is 0 Å². The van der Waals surface area contributed by atoms with E-state index in [0.29, 0.717) is 13.0 Å². The molecular weight excluding hydrogens is 312 g/mol. The molecule has 1 N–H and O–H groups in total. The number of nitrogens with one attached hydrogen (secondary N) is 1. The summed E-state index contributed by atoms with van der Waals surface area (Å²) in [7, 11) is -2.25. The van der Waals surface area contributed by atoms with Gasteiger partial charge in [-0.25, -0.2) is 13.1 Å². The van der Waals surface area contributed by atoms with E-state index < -0.39 is 14.9 Å². The van der Waals surface area contributed by atoms with Gasteiger partial charge in [0.1, 0.15) is 0 Å². The molecule has 1 aromatic rings. The SMILES string of the molecule is CCOC1CC(NS(=O)(=O)c2ccc([N+](=O)[O-])cc2)C1OC. The molecule has 0 spiro atoms. The molecule has 3 unspecified atom stereocenters. The Kier molecular flexibility index (Phi) is 5.12. The summed E-state index contributed by atoms with van der Waals surface area (Å²) < 4.78 is 37.8. The van der Waals surface area contributed by atoms with Crippen molar-refractivity contribution in [2.75, 3.05) is 13.7 Å². The van der Waals surface area contributed by atoms with Gasteiger partial charge in [-0.2, -0.15) is 0 Å². The average molecular weight is 330 g/mol. The summed E-state index contributed by atoms with van der Waals surface area (Å²) in [6.07, 6.45) is 0.0609. The first-order valence-electron chi connectivity index (χ1n) is 6.80.